The molecule has 452 valence electrons. The first-order valence-corrected chi connectivity index (χ1v) is 27.7. The lowest BCUT2D eigenvalue weighted by atomic mass is 9.91. The van der Waals surface area contributed by atoms with Gasteiger partial charge in [-0.15, -0.1) is 0 Å². The van der Waals surface area contributed by atoms with Gasteiger partial charge >= 0.3 is 0 Å². The third kappa shape index (κ3) is 23.0. The van der Waals surface area contributed by atoms with Crippen molar-refractivity contribution < 1.29 is 94.8 Å². The number of ether oxygens (including phenoxy) is 12. The van der Waals surface area contributed by atoms with E-state index in [2.05, 4.69) is 46.9 Å². The monoisotopic (exact) mass is 1190 g/mol. The van der Waals surface area contributed by atoms with Crippen molar-refractivity contribution >= 4 is 55.0 Å². The zero-order valence-corrected chi connectivity index (χ0v) is 46.7. The van der Waals surface area contributed by atoms with Gasteiger partial charge < -0.3 is 92.4 Å². The van der Waals surface area contributed by atoms with Gasteiger partial charge in [0, 0.05) is 43.8 Å². The molecule has 0 saturated carbocycles. The molecule has 30 heteroatoms. The molecule has 6 N–H and O–H groups in total. The number of rotatable bonds is 41. The number of halogens is 4. The lowest BCUT2D eigenvalue weighted by Gasteiger charge is -2.40. The Morgan fingerprint density at radius 2 is 1.38 bits per heavy atom. The second kappa shape index (κ2) is 38.1. The van der Waals surface area contributed by atoms with Gasteiger partial charge in [-0.2, -0.15) is 20.2 Å². The molecule has 2 aromatic carbocycles. The number of anilines is 1. The number of carbonyl (C=O) groups excluding carboxylic acids is 1. The zero-order chi connectivity index (χ0) is 58.1. The van der Waals surface area contributed by atoms with Gasteiger partial charge in [-0.1, -0.05) is 12.1 Å². The fraction of sp³-hybridized carbons (Fsp3) is 0.608. The summed E-state index contributed by atoms with van der Waals surface area (Å²) in [6, 6.07) is 9.15. The number of aliphatic hydroxyl groups excluding tert-OH is 2. The summed E-state index contributed by atoms with van der Waals surface area (Å²) < 4.78 is 105. The van der Waals surface area contributed by atoms with E-state index in [1.807, 2.05) is 12.1 Å². The first-order chi connectivity index (χ1) is 39.4. The highest BCUT2D eigenvalue weighted by Crippen LogP contribution is 2.43. The predicted molar refractivity (Wildman–Crippen MR) is 290 cm³/mol. The molecule has 0 aliphatic carbocycles. The van der Waals surface area contributed by atoms with Gasteiger partial charge in [0.2, 0.25) is 13.7 Å². The molecule has 2 saturated heterocycles. The minimum absolute atomic E-state index is 0.0572. The normalized spacial score (nSPS) is 15.9. The van der Waals surface area contributed by atoms with Crippen LogP contribution in [0.15, 0.2) is 52.7 Å². The minimum Gasteiger partial charge on any atom is -0.491 e. The van der Waals surface area contributed by atoms with Crippen LogP contribution in [0.1, 0.15) is 37.0 Å². The SMILES string of the molecule is COc1c(F)cc(F)cc1F.N/N=C(\C=NCCOCCOCCOCCOCCC=O)COCCOCCOCCOCCOc1ccc(C2CN(c3nc(Cl)nc4c3cnn4C3CCC(COC(CO)(CO)P(O)O)O3)C2)cc1. The number of aldehydes is 1. The lowest BCUT2D eigenvalue weighted by molar-refractivity contribution is -0.109. The molecule has 0 radical (unpaired) electrons. The average Bonchev–Trinajstić information content (AvgIpc) is 4.28. The number of aliphatic imine (C=N–C) groups is 1. The largest absolute Gasteiger partial charge is 0.491 e. The molecule has 2 aliphatic rings. The highest BCUT2D eigenvalue weighted by molar-refractivity contribution is 7.46. The second-order valence-corrected chi connectivity index (χ2v) is 19.4. The molecule has 81 heavy (non-hydrogen) atoms. The fourth-order valence-electron chi connectivity index (χ4n) is 7.67. The van der Waals surface area contributed by atoms with Crippen LogP contribution in [-0.2, 0) is 52.2 Å². The van der Waals surface area contributed by atoms with Crippen LogP contribution in [0, 0.1) is 17.5 Å². The number of aromatic nitrogens is 4. The van der Waals surface area contributed by atoms with Gasteiger partial charge in [0.05, 0.1) is 157 Å². The Morgan fingerprint density at radius 3 is 1.94 bits per heavy atom. The van der Waals surface area contributed by atoms with Crippen molar-refractivity contribution in [2.45, 2.75) is 42.9 Å². The van der Waals surface area contributed by atoms with Crippen molar-refractivity contribution in [3.63, 3.8) is 0 Å². The Morgan fingerprint density at radius 1 is 0.815 bits per heavy atom. The van der Waals surface area contributed by atoms with E-state index in [0.717, 1.165) is 37.6 Å². The van der Waals surface area contributed by atoms with Gasteiger partial charge in [-0.3, -0.25) is 4.99 Å². The molecule has 0 bridgehead atoms. The molecule has 2 unspecified atom stereocenters. The molecule has 25 nitrogen and oxygen atoms in total. The summed E-state index contributed by atoms with van der Waals surface area (Å²) in [6.45, 7) is 7.40. The number of benzene rings is 2. The zero-order valence-electron chi connectivity index (χ0n) is 45.1. The van der Waals surface area contributed by atoms with Crippen molar-refractivity contribution in [1.29, 1.82) is 0 Å². The first kappa shape index (κ1) is 66.9. The Labute approximate surface area is 473 Å². The van der Waals surface area contributed by atoms with Crippen molar-refractivity contribution in [3.8, 4) is 11.5 Å². The highest BCUT2D eigenvalue weighted by atomic mass is 35.5. The number of fused-ring (bicyclic) bond motifs is 1. The van der Waals surface area contributed by atoms with Crippen LogP contribution in [0.4, 0.5) is 19.0 Å². The number of aliphatic hydroxyl groups is 2. The van der Waals surface area contributed by atoms with Gasteiger partial charge in [0.25, 0.3) is 0 Å². The number of nitrogens with two attached hydrogens (primary N) is 1. The summed E-state index contributed by atoms with van der Waals surface area (Å²) in [5, 5.41) is 26.4. The third-order valence-corrected chi connectivity index (χ3v) is 13.3. The second-order valence-electron chi connectivity index (χ2n) is 17.7. The molecular weight excluding hydrogens is 1120 g/mol. The van der Waals surface area contributed by atoms with Gasteiger partial charge in [0.1, 0.15) is 36.0 Å². The highest BCUT2D eigenvalue weighted by Gasteiger charge is 2.41. The number of hydrogen-bond donors (Lipinski definition) is 5. The Balaban J connectivity index is 0.000000975. The van der Waals surface area contributed by atoms with Gasteiger partial charge in [-0.25, -0.2) is 17.9 Å². The summed E-state index contributed by atoms with van der Waals surface area (Å²) in [7, 11) is -1.63. The van der Waals surface area contributed by atoms with E-state index in [1.54, 1.807) is 17.1 Å². The molecule has 2 aromatic heterocycles. The Kier molecular flexibility index (Phi) is 31.5. The maximum Gasteiger partial charge on any atom is 0.226 e. The predicted octanol–water partition coefficient (Wildman–Crippen LogP) is 3.35. The molecule has 2 atom stereocenters. The number of hydrogen-bond acceptors (Lipinski definition) is 24. The third-order valence-electron chi connectivity index (χ3n) is 12.0. The standard InChI is InChI=1S/C44H68ClN8O16P.C7H5F3O/c45-43-49-41(39-27-48-53(42(39)50-43)40-7-6-38(69-40)31-68-44(32-55,33-56)70(57)58)52-28-35(29-52)34-2-4-37(5-3-34)67-25-24-65-21-20-63-18-19-64-22-23-66-30-36(51-46)26-47-8-11-60-13-15-62-17-16-61-14-12-59-10-1-9-54;1-11-7-5(9)2-4(8)3-6(7)10/h2-5,9,26-27,35,38,40,55-58H,1,6-8,10-25,28-33,46H2;2-3H,1H3/b47-26?,51-36+;. The maximum atomic E-state index is 12.5. The van der Waals surface area contributed by atoms with Crippen LogP contribution in [0.3, 0.4) is 0 Å². The molecule has 6 rings (SSSR count). The molecule has 2 aliphatic heterocycles. The number of nitrogens with zero attached hydrogens (tertiary/aromatic N) is 7. The van der Waals surface area contributed by atoms with E-state index in [4.69, 9.17) is 69.5 Å². The molecule has 4 heterocycles. The Hall–Kier alpha value is -4.85. The molecule has 0 amide bonds. The van der Waals surface area contributed by atoms with Crippen LogP contribution in [0.2, 0.25) is 5.28 Å². The van der Waals surface area contributed by atoms with Crippen molar-refractivity contribution in [3.05, 3.63) is 70.9 Å². The topological polar surface area (TPSA) is 306 Å². The van der Waals surface area contributed by atoms with E-state index in [9.17, 15) is 38.0 Å². The Bertz CT molecular complexity index is 2450. The number of hydrazone groups is 1. The van der Waals surface area contributed by atoms with Crippen LogP contribution in [0.25, 0.3) is 11.0 Å². The minimum atomic E-state index is -2.74. The van der Waals surface area contributed by atoms with Crippen LogP contribution in [-0.4, -0.2) is 228 Å². The van der Waals surface area contributed by atoms with Crippen LogP contribution >= 0.6 is 20.0 Å². The van der Waals surface area contributed by atoms with E-state index in [1.165, 1.54) is 5.56 Å². The van der Waals surface area contributed by atoms with Crippen LogP contribution < -0.4 is 20.2 Å². The first-order valence-electron chi connectivity index (χ1n) is 26.0. The number of carbonyl (C=O) groups is 1. The summed E-state index contributed by atoms with van der Waals surface area (Å²) in [5.74, 6) is 3.56. The van der Waals surface area contributed by atoms with Crippen molar-refractivity contribution in [2.24, 2.45) is 15.9 Å². The van der Waals surface area contributed by atoms with Crippen molar-refractivity contribution in [1.82, 2.24) is 19.7 Å². The van der Waals surface area contributed by atoms with Gasteiger partial charge in [0.15, 0.2) is 34.6 Å². The molecular formula is C51H73ClF3N8O17P. The quantitative estimate of drug-likeness (QED) is 0.00809. The van der Waals surface area contributed by atoms with E-state index in [-0.39, 0.29) is 24.4 Å². The van der Waals surface area contributed by atoms with Crippen LogP contribution in [0.5, 0.6) is 11.5 Å². The summed E-state index contributed by atoms with van der Waals surface area (Å²) in [4.78, 5) is 44.9. The summed E-state index contributed by atoms with van der Waals surface area (Å²) in [5.41, 5.74) is 2.21. The molecule has 4 aromatic rings. The van der Waals surface area contributed by atoms with E-state index in [0.29, 0.717) is 161 Å². The van der Waals surface area contributed by atoms with E-state index < -0.39 is 62.5 Å². The van der Waals surface area contributed by atoms with E-state index >= 15 is 0 Å². The fourth-order valence-corrected chi connectivity index (χ4v) is 8.27. The summed E-state index contributed by atoms with van der Waals surface area (Å²) in [6.07, 6.45) is 4.73. The number of methoxy groups -OCH3 is 1. The van der Waals surface area contributed by atoms with Crippen molar-refractivity contribution in [2.75, 3.05) is 164 Å². The molecule has 0 spiro atoms. The maximum absolute atomic E-state index is 12.5. The van der Waals surface area contributed by atoms with Gasteiger partial charge in [-0.05, 0) is 42.1 Å². The smallest absolute Gasteiger partial charge is 0.226 e. The summed E-state index contributed by atoms with van der Waals surface area (Å²) >= 11 is 6.41. The average molecular weight is 1190 g/mol. The lowest BCUT2D eigenvalue weighted by Crippen LogP contribution is -2.45. The molecule has 2 fully saturated rings.